The van der Waals surface area contributed by atoms with Gasteiger partial charge in [0.1, 0.15) is 0 Å². The van der Waals surface area contributed by atoms with Crippen molar-refractivity contribution in [1.82, 2.24) is 5.32 Å². The van der Waals surface area contributed by atoms with Gasteiger partial charge in [-0.05, 0) is 149 Å². The number of rotatable bonds is 5. The highest BCUT2D eigenvalue weighted by atomic mass is 32.1. The molecule has 0 aliphatic heterocycles. The van der Waals surface area contributed by atoms with Gasteiger partial charge in [0.25, 0.3) is 0 Å². The van der Waals surface area contributed by atoms with Crippen molar-refractivity contribution in [2.24, 2.45) is 45.3 Å². The number of fused-ring (bicyclic) bond motifs is 7. The monoisotopic (exact) mass is 599 g/mol. The van der Waals surface area contributed by atoms with Crippen LogP contribution in [0.1, 0.15) is 120 Å². The predicted octanol–water partition coefficient (Wildman–Crippen LogP) is 9.93. The Labute approximate surface area is 264 Å². The minimum Gasteiger partial charge on any atom is -0.465 e. The topological polar surface area (TPSA) is 38.3 Å². The standard InChI is InChI=1S/C39H53NO2S/c1-35(2)29(27-9-11-28(12-10-27)34(41)42-6)15-19-36(3)32(35)16-20-38(5)33(36)14-13-30-31-8-7-18-39(31,22-21-37(30,38)4)40-24-26-17-23-43-25-26/h9-12,15,17,23,25,30-33,40H,7-8,13-14,16,18-22,24H2,1-6H3/t30?,31?,32?,33?,36?,37-,38?,39?/m1/s1. The van der Waals surface area contributed by atoms with Crippen LogP contribution in [0.15, 0.2) is 47.2 Å². The van der Waals surface area contributed by atoms with Crippen LogP contribution in [0.2, 0.25) is 0 Å². The number of carbonyl (C=O) groups is 1. The quantitative estimate of drug-likeness (QED) is 0.348. The van der Waals surface area contributed by atoms with Crippen molar-refractivity contribution in [3.63, 3.8) is 0 Å². The first-order chi connectivity index (χ1) is 20.5. The van der Waals surface area contributed by atoms with E-state index in [-0.39, 0.29) is 11.4 Å². The van der Waals surface area contributed by atoms with Crippen LogP contribution in [0.25, 0.3) is 5.57 Å². The summed E-state index contributed by atoms with van der Waals surface area (Å²) in [5, 5.41) is 8.76. The van der Waals surface area contributed by atoms with Gasteiger partial charge in [-0.25, -0.2) is 4.79 Å². The molecule has 7 rings (SSSR count). The summed E-state index contributed by atoms with van der Waals surface area (Å²) in [6.45, 7) is 14.3. The summed E-state index contributed by atoms with van der Waals surface area (Å²) in [6, 6.07) is 10.5. The van der Waals surface area contributed by atoms with Gasteiger partial charge in [0.2, 0.25) is 0 Å². The van der Waals surface area contributed by atoms with Gasteiger partial charge in [0.05, 0.1) is 12.7 Å². The SMILES string of the molecule is COC(=O)c1ccc(C2=CCC3(C)C(CCC4(C)C3CCC3C5CCCC5(NCc5ccsc5)CC[C@]34C)C2(C)C)cc1. The molecule has 1 aromatic carbocycles. The van der Waals surface area contributed by atoms with Crippen LogP contribution in [0, 0.1) is 45.3 Å². The van der Waals surface area contributed by atoms with Crippen LogP contribution in [0.4, 0.5) is 0 Å². The molecule has 3 nitrogen and oxygen atoms in total. The summed E-state index contributed by atoms with van der Waals surface area (Å²) < 4.78 is 4.95. The fourth-order valence-corrected chi connectivity index (χ4v) is 13.2. The van der Waals surface area contributed by atoms with Gasteiger partial charge in [-0.2, -0.15) is 11.3 Å². The fraction of sp³-hybridized carbons (Fsp3) is 0.667. The van der Waals surface area contributed by atoms with Crippen molar-refractivity contribution in [2.75, 3.05) is 7.11 Å². The number of ether oxygens (including phenoxy) is 1. The van der Waals surface area contributed by atoms with Crippen molar-refractivity contribution in [3.05, 3.63) is 63.9 Å². The molecule has 0 amide bonds. The third-order valence-corrected chi connectivity index (χ3v) is 15.5. The number of thiophene rings is 1. The minimum absolute atomic E-state index is 0.0949. The van der Waals surface area contributed by atoms with E-state index >= 15 is 0 Å². The Kier molecular flexibility index (Phi) is 7.14. The molecule has 8 atom stereocenters. The van der Waals surface area contributed by atoms with Gasteiger partial charge in [-0.1, -0.05) is 59.2 Å². The molecule has 4 heteroatoms. The van der Waals surface area contributed by atoms with Crippen LogP contribution < -0.4 is 5.32 Å². The molecule has 0 saturated heterocycles. The molecule has 5 aliphatic rings. The van der Waals surface area contributed by atoms with Gasteiger partial charge in [-0.15, -0.1) is 0 Å². The molecule has 0 radical (unpaired) electrons. The zero-order chi connectivity index (χ0) is 30.3. The van der Waals surface area contributed by atoms with Crippen molar-refractivity contribution in [3.8, 4) is 0 Å². The van der Waals surface area contributed by atoms with E-state index in [0.717, 1.165) is 24.3 Å². The summed E-state index contributed by atoms with van der Waals surface area (Å²) in [6.07, 6.45) is 16.2. The number of carbonyl (C=O) groups excluding carboxylic acids is 1. The zero-order valence-electron chi connectivity index (χ0n) is 27.4. The third kappa shape index (κ3) is 4.24. The Bertz CT molecular complexity index is 1390. The van der Waals surface area contributed by atoms with Gasteiger partial charge < -0.3 is 10.1 Å². The van der Waals surface area contributed by atoms with E-state index in [2.05, 4.69) is 75.0 Å². The highest BCUT2D eigenvalue weighted by Gasteiger charge is 2.69. The lowest BCUT2D eigenvalue weighted by Gasteiger charge is -2.72. The summed E-state index contributed by atoms with van der Waals surface area (Å²) in [5.41, 5.74) is 6.42. The Morgan fingerprint density at radius 1 is 0.884 bits per heavy atom. The van der Waals surface area contributed by atoms with E-state index < -0.39 is 0 Å². The Hall–Kier alpha value is -1.91. The van der Waals surface area contributed by atoms with Gasteiger partial charge in [0.15, 0.2) is 0 Å². The van der Waals surface area contributed by atoms with Crippen LogP contribution >= 0.6 is 11.3 Å². The second kappa shape index (κ2) is 10.3. The number of allylic oxidation sites excluding steroid dienone is 2. The summed E-state index contributed by atoms with van der Waals surface area (Å²) in [7, 11) is 1.45. The van der Waals surface area contributed by atoms with Gasteiger partial charge in [0, 0.05) is 12.1 Å². The highest BCUT2D eigenvalue weighted by molar-refractivity contribution is 7.07. The molecule has 232 valence electrons. The number of nitrogens with one attached hydrogen (secondary N) is 1. The average molecular weight is 600 g/mol. The molecule has 7 unspecified atom stereocenters. The summed E-state index contributed by atoms with van der Waals surface area (Å²) >= 11 is 1.83. The normalized spacial score (nSPS) is 41.3. The molecule has 1 heterocycles. The maximum absolute atomic E-state index is 12.1. The number of benzene rings is 1. The van der Waals surface area contributed by atoms with Crippen molar-refractivity contribution >= 4 is 22.9 Å². The molecular formula is C39H53NO2S. The van der Waals surface area contributed by atoms with E-state index in [1.165, 1.54) is 88.0 Å². The van der Waals surface area contributed by atoms with Gasteiger partial charge in [-0.3, -0.25) is 0 Å². The number of methoxy groups -OCH3 is 1. The summed E-state index contributed by atoms with van der Waals surface area (Å²) in [5.74, 6) is 2.85. The smallest absolute Gasteiger partial charge is 0.337 e. The highest BCUT2D eigenvalue weighted by Crippen LogP contribution is 2.76. The van der Waals surface area contributed by atoms with Crippen LogP contribution in [-0.2, 0) is 11.3 Å². The number of esters is 1. The second-order valence-corrected chi connectivity index (χ2v) is 17.2. The first-order valence-corrected chi connectivity index (χ1v) is 18.1. The first-order valence-electron chi connectivity index (χ1n) is 17.1. The molecule has 4 saturated carbocycles. The van der Waals surface area contributed by atoms with Crippen molar-refractivity contribution in [2.45, 2.75) is 111 Å². The predicted molar refractivity (Wildman–Crippen MR) is 178 cm³/mol. The lowest BCUT2D eigenvalue weighted by atomic mass is 9.33. The van der Waals surface area contributed by atoms with Crippen molar-refractivity contribution < 1.29 is 9.53 Å². The van der Waals surface area contributed by atoms with Crippen LogP contribution in [0.3, 0.4) is 0 Å². The molecule has 43 heavy (non-hydrogen) atoms. The molecule has 4 fully saturated rings. The van der Waals surface area contributed by atoms with E-state index in [4.69, 9.17) is 4.74 Å². The maximum Gasteiger partial charge on any atom is 0.337 e. The lowest BCUT2D eigenvalue weighted by molar-refractivity contribution is -0.217. The molecular weight excluding hydrogens is 547 g/mol. The number of hydrogen-bond donors (Lipinski definition) is 1. The molecule has 0 bridgehead atoms. The van der Waals surface area contributed by atoms with E-state index in [0.29, 0.717) is 33.3 Å². The average Bonchev–Trinajstić information content (AvgIpc) is 3.66. The first kappa shape index (κ1) is 29.8. The van der Waals surface area contributed by atoms with E-state index in [1.807, 2.05) is 23.5 Å². The molecule has 2 aromatic rings. The summed E-state index contributed by atoms with van der Waals surface area (Å²) in [4.78, 5) is 12.1. The van der Waals surface area contributed by atoms with Gasteiger partial charge >= 0.3 is 5.97 Å². The lowest BCUT2D eigenvalue weighted by Crippen LogP contribution is -2.67. The largest absolute Gasteiger partial charge is 0.465 e. The number of hydrogen-bond acceptors (Lipinski definition) is 4. The second-order valence-electron chi connectivity index (χ2n) is 16.4. The Morgan fingerprint density at radius 2 is 1.67 bits per heavy atom. The van der Waals surface area contributed by atoms with Crippen molar-refractivity contribution in [1.29, 1.82) is 0 Å². The molecule has 5 aliphatic carbocycles. The minimum atomic E-state index is -0.262. The fourth-order valence-electron chi connectivity index (χ4n) is 12.5. The Morgan fingerprint density at radius 3 is 2.40 bits per heavy atom. The molecule has 1 aromatic heterocycles. The third-order valence-electron chi connectivity index (χ3n) is 14.8. The van der Waals surface area contributed by atoms with E-state index in [1.54, 1.807) is 0 Å². The van der Waals surface area contributed by atoms with E-state index in [9.17, 15) is 4.79 Å². The molecule has 0 spiro atoms. The molecule has 1 N–H and O–H groups in total. The van der Waals surface area contributed by atoms with Crippen LogP contribution in [0.5, 0.6) is 0 Å². The Balaban J connectivity index is 1.17. The zero-order valence-corrected chi connectivity index (χ0v) is 28.2. The maximum atomic E-state index is 12.1. The van der Waals surface area contributed by atoms with Crippen LogP contribution in [-0.4, -0.2) is 18.6 Å².